The maximum absolute atomic E-state index is 12.8. The van der Waals surface area contributed by atoms with Crippen LogP contribution in [0, 0.1) is 0 Å². The van der Waals surface area contributed by atoms with Crippen LogP contribution in [-0.2, 0) is 11.3 Å². The van der Waals surface area contributed by atoms with Crippen molar-refractivity contribution in [3.05, 3.63) is 96.1 Å². The highest BCUT2D eigenvalue weighted by atomic mass is 16.2. The molecule has 8 nitrogen and oxygen atoms in total. The van der Waals surface area contributed by atoms with Gasteiger partial charge in [0.1, 0.15) is 6.54 Å². The monoisotopic (exact) mass is 426 g/mol. The number of hydrogen-bond acceptors (Lipinski definition) is 5. The molecule has 8 heteroatoms. The molecule has 0 aliphatic carbocycles. The van der Waals surface area contributed by atoms with Crippen LogP contribution in [0.1, 0.15) is 28.9 Å². The van der Waals surface area contributed by atoms with Crippen molar-refractivity contribution < 1.29 is 9.59 Å². The zero-order valence-corrected chi connectivity index (χ0v) is 17.5. The molecule has 1 aromatic heterocycles. The van der Waals surface area contributed by atoms with Gasteiger partial charge in [0.25, 0.3) is 5.91 Å². The van der Waals surface area contributed by atoms with Gasteiger partial charge in [-0.15, -0.1) is 10.2 Å². The Hall–Kier alpha value is -4.33. The molecule has 1 atom stereocenters. The Morgan fingerprint density at radius 3 is 2.31 bits per heavy atom. The molecule has 1 heterocycles. The maximum Gasteiger partial charge on any atom is 0.253 e. The largest absolute Gasteiger partial charge is 0.345 e. The lowest BCUT2D eigenvalue weighted by molar-refractivity contribution is -0.117. The fourth-order valence-corrected chi connectivity index (χ4v) is 3.22. The smallest absolute Gasteiger partial charge is 0.253 e. The Morgan fingerprint density at radius 2 is 1.56 bits per heavy atom. The number of carbonyl (C=O) groups is 2. The predicted octanol–water partition coefficient (Wildman–Crippen LogP) is 3.47. The van der Waals surface area contributed by atoms with Crippen molar-refractivity contribution in [1.29, 1.82) is 0 Å². The lowest BCUT2D eigenvalue weighted by atomic mass is 10.1. The summed E-state index contributed by atoms with van der Waals surface area (Å²) >= 11 is 0. The van der Waals surface area contributed by atoms with Gasteiger partial charge in [-0.25, -0.2) is 0 Å². The summed E-state index contributed by atoms with van der Waals surface area (Å²) in [5, 5.41) is 17.9. The third kappa shape index (κ3) is 5.04. The van der Waals surface area contributed by atoms with E-state index < -0.39 is 0 Å². The second kappa shape index (κ2) is 9.65. The minimum absolute atomic E-state index is 0.129. The Kier molecular flexibility index (Phi) is 6.31. The molecule has 0 bridgehead atoms. The standard InChI is InChI=1S/C24H22N6O2/c1-17(18-10-4-2-5-11-18)25-24(32)20-14-8-9-15-21(20)26-22(31)16-30-28-23(27-29-30)19-12-6-3-7-13-19/h2-15,17H,16H2,1H3,(H,25,32)(H,26,31). The number of carbonyl (C=O) groups excluding carboxylic acids is 2. The van der Waals surface area contributed by atoms with Gasteiger partial charge in [-0.3, -0.25) is 9.59 Å². The summed E-state index contributed by atoms with van der Waals surface area (Å²) in [5.74, 6) is -0.200. The normalized spacial score (nSPS) is 11.5. The van der Waals surface area contributed by atoms with Gasteiger partial charge in [0.05, 0.1) is 17.3 Å². The third-order valence-corrected chi connectivity index (χ3v) is 4.86. The van der Waals surface area contributed by atoms with Crippen LogP contribution in [0.3, 0.4) is 0 Å². The Labute approximate surface area is 185 Å². The molecular formula is C24H22N6O2. The molecular weight excluding hydrogens is 404 g/mol. The summed E-state index contributed by atoms with van der Waals surface area (Å²) in [6, 6.07) is 25.8. The van der Waals surface area contributed by atoms with Gasteiger partial charge in [-0.2, -0.15) is 4.80 Å². The lowest BCUT2D eigenvalue weighted by Gasteiger charge is -2.16. The van der Waals surface area contributed by atoms with Crippen molar-refractivity contribution in [2.24, 2.45) is 0 Å². The van der Waals surface area contributed by atoms with Crippen molar-refractivity contribution in [3.8, 4) is 11.4 Å². The molecule has 0 saturated heterocycles. The Bertz CT molecular complexity index is 1210. The molecule has 3 aromatic carbocycles. The SMILES string of the molecule is CC(NC(=O)c1ccccc1NC(=O)Cn1nnc(-c2ccccc2)n1)c1ccccc1. The summed E-state index contributed by atoms with van der Waals surface area (Å²) < 4.78 is 0. The predicted molar refractivity (Wildman–Crippen MR) is 121 cm³/mol. The molecule has 0 saturated carbocycles. The number of amides is 2. The summed E-state index contributed by atoms with van der Waals surface area (Å²) in [4.78, 5) is 26.6. The number of benzene rings is 3. The number of anilines is 1. The first kappa shape index (κ1) is 20.9. The average Bonchev–Trinajstić information content (AvgIpc) is 3.29. The fourth-order valence-electron chi connectivity index (χ4n) is 3.22. The molecule has 2 N–H and O–H groups in total. The van der Waals surface area contributed by atoms with Gasteiger partial charge in [0, 0.05) is 5.56 Å². The molecule has 0 spiro atoms. The number of para-hydroxylation sites is 1. The molecule has 0 aliphatic rings. The fraction of sp³-hybridized carbons (Fsp3) is 0.125. The molecule has 0 fully saturated rings. The van der Waals surface area contributed by atoms with Crippen molar-refractivity contribution in [1.82, 2.24) is 25.5 Å². The maximum atomic E-state index is 12.8. The van der Waals surface area contributed by atoms with Crippen LogP contribution in [0.4, 0.5) is 5.69 Å². The highest BCUT2D eigenvalue weighted by Crippen LogP contribution is 2.18. The van der Waals surface area contributed by atoms with E-state index in [9.17, 15) is 9.59 Å². The van der Waals surface area contributed by atoms with E-state index in [4.69, 9.17) is 0 Å². The number of hydrogen-bond donors (Lipinski definition) is 2. The van der Waals surface area contributed by atoms with E-state index in [0.29, 0.717) is 17.1 Å². The minimum atomic E-state index is -0.363. The van der Waals surface area contributed by atoms with Gasteiger partial charge in [-0.1, -0.05) is 72.8 Å². The van der Waals surface area contributed by atoms with Crippen LogP contribution >= 0.6 is 0 Å². The second-order valence-corrected chi connectivity index (χ2v) is 7.21. The summed E-state index contributed by atoms with van der Waals surface area (Å²) in [5.41, 5.74) is 2.60. The van der Waals surface area contributed by atoms with Crippen LogP contribution in [0.15, 0.2) is 84.9 Å². The summed E-state index contributed by atoms with van der Waals surface area (Å²) in [7, 11) is 0. The molecule has 0 radical (unpaired) electrons. The lowest BCUT2D eigenvalue weighted by Crippen LogP contribution is -2.28. The van der Waals surface area contributed by atoms with Gasteiger partial charge < -0.3 is 10.6 Å². The highest BCUT2D eigenvalue weighted by Gasteiger charge is 2.17. The molecule has 0 aliphatic heterocycles. The molecule has 1 unspecified atom stereocenters. The summed E-state index contributed by atoms with van der Waals surface area (Å²) in [6.45, 7) is 1.78. The van der Waals surface area contributed by atoms with E-state index in [1.165, 1.54) is 4.80 Å². The zero-order valence-electron chi connectivity index (χ0n) is 17.5. The molecule has 4 rings (SSSR count). The first-order chi connectivity index (χ1) is 15.6. The number of nitrogens with one attached hydrogen (secondary N) is 2. The van der Waals surface area contributed by atoms with Crippen LogP contribution in [0.5, 0.6) is 0 Å². The second-order valence-electron chi connectivity index (χ2n) is 7.21. The van der Waals surface area contributed by atoms with Crippen LogP contribution in [-0.4, -0.2) is 32.0 Å². The van der Waals surface area contributed by atoms with Crippen LogP contribution < -0.4 is 10.6 Å². The van der Waals surface area contributed by atoms with E-state index in [1.807, 2.05) is 67.6 Å². The van der Waals surface area contributed by atoms with Crippen molar-refractivity contribution in [3.63, 3.8) is 0 Å². The number of nitrogens with zero attached hydrogens (tertiary/aromatic N) is 4. The van der Waals surface area contributed by atoms with E-state index in [0.717, 1.165) is 11.1 Å². The third-order valence-electron chi connectivity index (χ3n) is 4.86. The minimum Gasteiger partial charge on any atom is -0.345 e. The van der Waals surface area contributed by atoms with Crippen molar-refractivity contribution in [2.75, 3.05) is 5.32 Å². The number of aromatic nitrogens is 4. The molecule has 2 amide bonds. The van der Waals surface area contributed by atoms with E-state index >= 15 is 0 Å². The van der Waals surface area contributed by atoms with E-state index in [1.54, 1.807) is 24.3 Å². The molecule has 32 heavy (non-hydrogen) atoms. The van der Waals surface area contributed by atoms with E-state index in [2.05, 4.69) is 26.0 Å². The van der Waals surface area contributed by atoms with Crippen molar-refractivity contribution >= 4 is 17.5 Å². The first-order valence-electron chi connectivity index (χ1n) is 10.2. The zero-order chi connectivity index (χ0) is 22.3. The average molecular weight is 426 g/mol. The Morgan fingerprint density at radius 1 is 0.906 bits per heavy atom. The number of tetrazole rings is 1. The highest BCUT2D eigenvalue weighted by molar-refractivity contribution is 6.03. The topological polar surface area (TPSA) is 102 Å². The summed E-state index contributed by atoms with van der Waals surface area (Å²) in [6.07, 6.45) is 0. The van der Waals surface area contributed by atoms with Crippen LogP contribution in [0.2, 0.25) is 0 Å². The molecule has 4 aromatic rings. The van der Waals surface area contributed by atoms with Gasteiger partial charge in [0.15, 0.2) is 0 Å². The van der Waals surface area contributed by atoms with Gasteiger partial charge in [-0.05, 0) is 29.8 Å². The Balaban J connectivity index is 1.42. The quantitative estimate of drug-likeness (QED) is 0.471. The van der Waals surface area contributed by atoms with Crippen molar-refractivity contribution in [2.45, 2.75) is 19.5 Å². The first-order valence-corrected chi connectivity index (χ1v) is 10.2. The molecule has 160 valence electrons. The van der Waals surface area contributed by atoms with Crippen LogP contribution in [0.25, 0.3) is 11.4 Å². The van der Waals surface area contributed by atoms with E-state index in [-0.39, 0.29) is 24.4 Å². The van der Waals surface area contributed by atoms with Gasteiger partial charge in [0.2, 0.25) is 11.7 Å². The van der Waals surface area contributed by atoms with Gasteiger partial charge >= 0.3 is 0 Å². The number of rotatable bonds is 7.